The summed E-state index contributed by atoms with van der Waals surface area (Å²) < 4.78 is 2.29. The molecule has 0 saturated carbocycles. The number of rotatable bonds is 7. The molecule has 2 heterocycles. The van der Waals surface area contributed by atoms with Crippen molar-refractivity contribution in [2.24, 2.45) is 5.73 Å². The molecule has 3 nitrogen and oxygen atoms in total. The summed E-state index contributed by atoms with van der Waals surface area (Å²) in [6.07, 6.45) is 4.70. The second kappa shape index (κ2) is 7.57. The highest BCUT2D eigenvalue weighted by atomic mass is 32.1. The van der Waals surface area contributed by atoms with E-state index in [2.05, 4.69) is 53.3 Å². The Labute approximate surface area is 163 Å². The van der Waals surface area contributed by atoms with Gasteiger partial charge in [0.15, 0.2) is 0 Å². The maximum atomic E-state index is 12.0. The number of fused-ring (bicyclic) bond motifs is 3. The molecule has 0 aliphatic rings. The number of aryl methyl sites for hydroxylation is 1. The van der Waals surface area contributed by atoms with Crippen LogP contribution < -0.4 is 5.73 Å². The van der Waals surface area contributed by atoms with E-state index in [9.17, 15) is 4.79 Å². The third-order valence-corrected chi connectivity index (χ3v) is 5.94. The van der Waals surface area contributed by atoms with Gasteiger partial charge in [-0.3, -0.25) is 4.79 Å². The topological polar surface area (TPSA) is 48.0 Å². The van der Waals surface area contributed by atoms with Gasteiger partial charge in [0.25, 0.3) is 0 Å². The lowest BCUT2D eigenvalue weighted by Crippen LogP contribution is -2.11. The first-order valence-electron chi connectivity index (χ1n) is 9.46. The van der Waals surface area contributed by atoms with Crippen molar-refractivity contribution in [3.8, 4) is 0 Å². The molecule has 1 radical (unpaired) electrons. The van der Waals surface area contributed by atoms with Crippen molar-refractivity contribution in [2.45, 2.75) is 39.2 Å². The average Bonchev–Trinajstić information content (AvgIpc) is 3.29. The van der Waals surface area contributed by atoms with Gasteiger partial charge in [0.1, 0.15) is 0 Å². The molecule has 0 spiro atoms. The minimum absolute atomic E-state index is 0.392. The monoisotopic (exact) mass is 375 g/mol. The van der Waals surface area contributed by atoms with Gasteiger partial charge in [-0.25, -0.2) is 0 Å². The summed E-state index contributed by atoms with van der Waals surface area (Å²) in [6.45, 7) is 3.01. The summed E-state index contributed by atoms with van der Waals surface area (Å²) in [7, 11) is 0. The molecule has 137 valence electrons. The van der Waals surface area contributed by atoms with Crippen molar-refractivity contribution in [1.82, 2.24) is 4.57 Å². The van der Waals surface area contributed by atoms with E-state index in [4.69, 9.17) is 5.73 Å². The molecule has 4 aromatic rings. The number of thiophene rings is 1. The number of amides is 1. The SMILES string of the molecule is CCCCCc1c[c]c2c3c(C(N)=O)cccc3n(Cc3cccs3)c2c1. The predicted molar refractivity (Wildman–Crippen MR) is 113 cm³/mol. The Morgan fingerprint density at radius 3 is 2.81 bits per heavy atom. The summed E-state index contributed by atoms with van der Waals surface area (Å²) in [4.78, 5) is 13.3. The van der Waals surface area contributed by atoms with Gasteiger partial charge in [0.05, 0.1) is 17.6 Å². The molecule has 4 rings (SSSR count). The summed E-state index contributed by atoms with van der Waals surface area (Å²) >= 11 is 1.75. The Morgan fingerprint density at radius 2 is 2.07 bits per heavy atom. The zero-order valence-corrected chi connectivity index (χ0v) is 16.3. The van der Waals surface area contributed by atoms with Crippen molar-refractivity contribution in [3.05, 3.63) is 69.9 Å². The lowest BCUT2D eigenvalue weighted by atomic mass is 10.0. The van der Waals surface area contributed by atoms with E-state index in [1.54, 1.807) is 11.3 Å². The van der Waals surface area contributed by atoms with Gasteiger partial charge in [0, 0.05) is 21.2 Å². The van der Waals surface area contributed by atoms with Crippen LogP contribution in [0.3, 0.4) is 0 Å². The fourth-order valence-electron chi connectivity index (χ4n) is 3.76. The number of benzene rings is 2. The largest absolute Gasteiger partial charge is 0.366 e. The Balaban J connectivity index is 1.92. The number of hydrogen-bond acceptors (Lipinski definition) is 2. The van der Waals surface area contributed by atoms with Gasteiger partial charge in [-0.1, -0.05) is 38.0 Å². The predicted octanol–water partition coefficient (Wildman–Crippen LogP) is 5.54. The van der Waals surface area contributed by atoms with Crippen LogP contribution in [0.15, 0.2) is 47.8 Å². The average molecular weight is 376 g/mol. The first-order valence-corrected chi connectivity index (χ1v) is 10.3. The highest BCUT2D eigenvalue weighted by molar-refractivity contribution is 7.09. The van der Waals surface area contributed by atoms with E-state index < -0.39 is 5.91 Å². The van der Waals surface area contributed by atoms with Crippen LogP contribution in [0.4, 0.5) is 0 Å². The normalized spacial score (nSPS) is 11.4. The molecular weight excluding hydrogens is 352 g/mol. The highest BCUT2D eigenvalue weighted by Crippen LogP contribution is 2.33. The summed E-state index contributed by atoms with van der Waals surface area (Å²) in [6, 6.07) is 17.8. The van der Waals surface area contributed by atoms with Crippen LogP contribution in [0.2, 0.25) is 0 Å². The van der Waals surface area contributed by atoms with E-state index >= 15 is 0 Å². The minimum atomic E-state index is -0.392. The molecule has 0 unspecified atom stereocenters. The third kappa shape index (κ3) is 3.37. The minimum Gasteiger partial charge on any atom is -0.366 e. The second-order valence-corrected chi connectivity index (χ2v) is 7.99. The molecule has 4 heteroatoms. The molecule has 0 bridgehead atoms. The van der Waals surface area contributed by atoms with Crippen LogP contribution in [0.25, 0.3) is 21.8 Å². The lowest BCUT2D eigenvalue weighted by Gasteiger charge is -2.07. The first kappa shape index (κ1) is 17.8. The van der Waals surface area contributed by atoms with E-state index in [1.807, 2.05) is 12.1 Å². The first-order chi connectivity index (χ1) is 13.2. The maximum absolute atomic E-state index is 12.0. The van der Waals surface area contributed by atoms with Gasteiger partial charge < -0.3 is 10.3 Å². The van der Waals surface area contributed by atoms with Crippen LogP contribution in [0.1, 0.15) is 47.0 Å². The number of carbonyl (C=O) groups is 1. The lowest BCUT2D eigenvalue weighted by molar-refractivity contribution is 0.100. The number of nitrogens with two attached hydrogens (primary N) is 1. The number of primary amides is 1. The number of carbonyl (C=O) groups excluding carboxylic acids is 1. The maximum Gasteiger partial charge on any atom is 0.249 e. The third-order valence-electron chi connectivity index (χ3n) is 5.08. The quantitative estimate of drug-likeness (QED) is 0.424. The van der Waals surface area contributed by atoms with Gasteiger partial charge in [-0.15, -0.1) is 11.3 Å². The van der Waals surface area contributed by atoms with Crippen LogP contribution >= 0.6 is 11.3 Å². The summed E-state index contributed by atoms with van der Waals surface area (Å²) in [5.41, 5.74) is 9.70. The molecule has 0 saturated heterocycles. The van der Waals surface area contributed by atoms with Crippen LogP contribution in [-0.2, 0) is 13.0 Å². The molecule has 1 amide bonds. The smallest absolute Gasteiger partial charge is 0.249 e. The molecule has 2 aromatic carbocycles. The van der Waals surface area contributed by atoms with Crippen molar-refractivity contribution in [2.75, 3.05) is 0 Å². The van der Waals surface area contributed by atoms with Gasteiger partial charge in [-0.05, 0) is 54.1 Å². The molecule has 2 N–H and O–H groups in total. The molecule has 0 atom stereocenters. The number of nitrogens with zero attached hydrogens (tertiary/aromatic N) is 1. The highest BCUT2D eigenvalue weighted by Gasteiger charge is 2.17. The van der Waals surface area contributed by atoms with Gasteiger partial charge in [-0.2, -0.15) is 0 Å². The fourth-order valence-corrected chi connectivity index (χ4v) is 4.45. The Hall–Kier alpha value is -2.59. The van der Waals surface area contributed by atoms with Crippen LogP contribution in [-0.4, -0.2) is 10.5 Å². The zero-order chi connectivity index (χ0) is 18.8. The zero-order valence-electron chi connectivity index (χ0n) is 15.5. The molecule has 27 heavy (non-hydrogen) atoms. The van der Waals surface area contributed by atoms with Crippen molar-refractivity contribution in [3.63, 3.8) is 0 Å². The number of aromatic nitrogens is 1. The number of hydrogen-bond donors (Lipinski definition) is 1. The standard InChI is InChI=1S/C23H23N2OS/c1-2-3-4-7-16-11-12-18-21(14-16)25(15-17-8-6-13-27-17)20-10-5-9-19(22(18)20)23(24)26/h5-6,8-11,13-14H,2-4,7,15H2,1H3,(H2,24,26). The molecule has 0 fully saturated rings. The molecule has 0 aliphatic heterocycles. The number of unbranched alkanes of at least 4 members (excludes halogenated alkanes) is 2. The van der Waals surface area contributed by atoms with E-state index in [-0.39, 0.29) is 0 Å². The van der Waals surface area contributed by atoms with Crippen molar-refractivity contribution < 1.29 is 4.79 Å². The summed E-state index contributed by atoms with van der Waals surface area (Å²) in [5.74, 6) is -0.392. The fraction of sp³-hybridized carbons (Fsp3) is 0.261. The molecule has 0 aliphatic carbocycles. The Morgan fingerprint density at radius 1 is 1.19 bits per heavy atom. The van der Waals surface area contributed by atoms with E-state index in [0.717, 1.165) is 34.8 Å². The Bertz CT molecular complexity index is 1090. The van der Waals surface area contributed by atoms with Gasteiger partial charge in [0.2, 0.25) is 5.91 Å². The second-order valence-electron chi connectivity index (χ2n) is 6.95. The van der Waals surface area contributed by atoms with Crippen molar-refractivity contribution in [1.29, 1.82) is 0 Å². The van der Waals surface area contributed by atoms with Crippen LogP contribution in [0, 0.1) is 6.07 Å². The Kier molecular flexibility index (Phi) is 4.99. The van der Waals surface area contributed by atoms with Crippen LogP contribution in [0.5, 0.6) is 0 Å². The van der Waals surface area contributed by atoms with Gasteiger partial charge >= 0.3 is 0 Å². The summed E-state index contributed by atoms with van der Waals surface area (Å²) in [5, 5.41) is 3.99. The van der Waals surface area contributed by atoms with Crippen molar-refractivity contribution >= 4 is 39.0 Å². The van der Waals surface area contributed by atoms with E-state index in [0.29, 0.717) is 5.56 Å². The molecule has 2 aromatic heterocycles. The van der Waals surface area contributed by atoms with E-state index in [1.165, 1.54) is 29.7 Å². The molecular formula is C23H23N2OS.